The molecular weight excluding hydrogens is 502 g/mol. The number of carbonyl (C=O) groups is 4. The minimum atomic E-state index is -1.21. The van der Waals surface area contributed by atoms with Crippen molar-refractivity contribution in [3.8, 4) is 0 Å². The Bertz CT molecular complexity index is 1330. The van der Waals surface area contributed by atoms with Crippen molar-refractivity contribution in [2.75, 3.05) is 13.2 Å². The molecule has 4 unspecified atom stereocenters. The number of para-hydroxylation sites is 1. The molecule has 0 saturated carbocycles. The molecule has 3 amide bonds. The lowest BCUT2D eigenvalue weighted by molar-refractivity contribution is -0.143. The Morgan fingerprint density at radius 3 is 2.44 bits per heavy atom. The SMILES string of the molecule is NC(CO)C(=O)N1CCCC1C(=O)NC(Cc1c[nH]c2ccccc12)C(=O)NC(Cc1ccccc1)C(=O)O. The summed E-state index contributed by atoms with van der Waals surface area (Å²) in [5, 5.41) is 25.3. The van der Waals surface area contributed by atoms with E-state index >= 15 is 0 Å². The minimum Gasteiger partial charge on any atom is -0.480 e. The maximum atomic E-state index is 13.5. The highest BCUT2D eigenvalue weighted by Crippen LogP contribution is 2.21. The van der Waals surface area contributed by atoms with E-state index in [1.807, 2.05) is 30.3 Å². The standard InChI is InChI=1S/C28H33N5O6/c29-20(16-34)27(37)33-12-6-11-24(33)26(36)31-22(14-18-15-30-21-10-5-4-9-19(18)21)25(35)32-23(28(38)39)13-17-7-2-1-3-8-17/h1-5,7-10,15,20,22-24,30,34H,6,11-14,16,29H2,(H,31,36)(H,32,35)(H,38,39). The van der Waals surface area contributed by atoms with E-state index < -0.39 is 54.5 Å². The molecule has 1 aromatic heterocycles. The third kappa shape index (κ3) is 6.62. The highest BCUT2D eigenvalue weighted by atomic mass is 16.4. The number of aromatic nitrogens is 1. The average molecular weight is 536 g/mol. The first kappa shape index (κ1) is 27.8. The first-order valence-corrected chi connectivity index (χ1v) is 12.9. The van der Waals surface area contributed by atoms with Gasteiger partial charge in [0.05, 0.1) is 6.61 Å². The van der Waals surface area contributed by atoms with Gasteiger partial charge in [0.15, 0.2) is 0 Å². The number of aromatic amines is 1. The molecule has 1 aliphatic heterocycles. The number of carboxylic acids is 1. The van der Waals surface area contributed by atoms with E-state index in [4.69, 9.17) is 5.73 Å². The van der Waals surface area contributed by atoms with Crippen LogP contribution in [0.5, 0.6) is 0 Å². The van der Waals surface area contributed by atoms with Gasteiger partial charge in [0.1, 0.15) is 24.2 Å². The number of aliphatic carboxylic acids is 1. The van der Waals surface area contributed by atoms with E-state index in [1.165, 1.54) is 4.90 Å². The van der Waals surface area contributed by atoms with E-state index in [0.29, 0.717) is 19.4 Å². The summed E-state index contributed by atoms with van der Waals surface area (Å²) in [5.41, 5.74) is 8.06. The summed E-state index contributed by atoms with van der Waals surface area (Å²) in [4.78, 5) is 56.0. The lowest BCUT2D eigenvalue weighted by Crippen LogP contribution is -2.57. The minimum absolute atomic E-state index is 0.0691. The van der Waals surface area contributed by atoms with Crippen LogP contribution in [0.3, 0.4) is 0 Å². The summed E-state index contributed by atoms with van der Waals surface area (Å²) in [7, 11) is 0. The number of aliphatic hydroxyl groups excluding tert-OH is 1. The van der Waals surface area contributed by atoms with Crippen LogP contribution in [-0.2, 0) is 32.0 Å². The molecule has 11 heteroatoms. The summed E-state index contributed by atoms with van der Waals surface area (Å²) in [6, 6.07) is 12.1. The first-order valence-electron chi connectivity index (χ1n) is 12.9. The van der Waals surface area contributed by atoms with Gasteiger partial charge in [0.25, 0.3) is 0 Å². The van der Waals surface area contributed by atoms with Crippen LogP contribution in [-0.4, -0.2) is 81.1 Å². The molecule has 0 spiro atoms. The van der Waals surface area contributed by atoms with E-state index in [1.54, 1.807) is 30.5 Å². The van der Waals surface area contributed by atoms with Crippen molar-refractivity contribution in [3.05, 3.63) is 71.9 Å². The molecule has 0 radical (unpaired) electrons. The van der Waals surface area contributed by atoms with Crippen molar-refractivity contribution in [1.29, 1.82) is 0 Å². The molecule has 39 heavy (non-hydrogen) atoms. The Hall–Kier alpha value is -4.22. The van der Waals surface area contributed by atoms with Crippen molar-refractivity contribution >= 4 is 34.6 Å². The van der Waals surface area contributed by atoms with Gasteiger partial charge < -0.3 is 36.5 Å². The zero-order valence-corrected chi connectivity index (χ0v) is 21.4. The van der Waals surface area contributed by atoms with Crippen LogP contribution < -0.4 is 16.4 Å². The fourth-order valence-corrected chi connectivity index (χ4v) is 4.91. The molecule has 3 aromatic rings. The second-order valence-corrected chi connectivity index (χ2v) is 9.69. The summed E-state index contributed by atoms with van der Waals surface area (Å²) >= 11 is 0. The fraction of sp³-hybridized carbons (Fsp3) is 0.357. The highest BCUT2D eigenvalue weighted by molar-refractivity contribution is 5.95. The highest BCUT2D eigenvalue weighted by Gasteiger charge is 2.38. The Morgan fingerprint density at radius 2 is 1.72 bits per heavy atom. The van der Waals surface area contributed by atoms with Gasteiger partial charge >= 0.3 is 5.97 Å². The third-order valence-electron chi connectivity index (χ3n) is 6.98. The zero-order chi connectivity index (χ0) is 27.9. The number of nitrogens with one attached hydrogen (secondary N) is 3. The molecule has 0 bridgehead atoms. The van der Waals surface area contributed by atoms with Crippen molar-refractivity contribution in [3.63, 3.8) is 0 Å². The van der Waals surface area contributed by atoms with Crippen LogP contribution in [0.25, 0.3) is 10.9 Å². The second kappa shape index (κ2) is 12.5. The van der Waals surface area contributed by atoms with E-state index in [2.05, 4.69) is 15.6 Å². The van der Waals surface area contributed by atoms with Crippen LogP contribution in [0.15, 0.2) is 60.8 Å². The number of nitrogens with two attached hydrogens (primary N) is 1. The molecule has 1 saturated heterocycles. The number of likely N-dealkylation sites (tertiary alicyclic amines) is 1. The number of nitrogens with zero attached hydrogens (tertiary/aromatic N) is 1. The lowest BCUT2D eigenvalue weighted by atomic mass is 10.0. The maximum absolute atomic E-state index is 13.5. The van der Waals surface area contributed by atoms with Crippen molar-refractivity contribution < 1.29 is 29.4 Å². The summed E-state index contributed by atoms with van der Waals surface area (Å²) < 4.78 is 0. The zero-order valence-electron chi connectivity index (χ0n) is 21.4. The van der Waals surface area contributed by atoms with Crippen LogP contribution in [0, 0.1) is 0 Å². The Morgan fingerprint density at radius 1 is 1.00 bits per heavy atom. The predicted octanol–water partition coefficient (Wildman–Crippen LogP) is 0.318. The molecule has 2 aromatic carbocycles. The predicted molar refractivity (Wildman–Crippen MR) is 143 cm³/mol. The summed E-state index contributed by atoms with van der Waals surface area (Å²) in [6.07, 6.45) is 2.86. The number of fused-ring (bicyclic) bond motifs is 1. The molecule has 2 heterocycles. The van der Waals surface area contributed by atoms with Crippen LogP contribution in [0.2, 0.25) is 0 Å². The van der Waals surface area contributed by atoms with E-state index in [-0.39, 0.29) is 12.8 Å². The van der Waals surface area contributed by atoms with Gasteiger partial charge in [-0.15, -0.1) is 0 Å². The number of hydrogen-bond donors (Lipinski definition) is 6. The molecule has 4 atom stereocenters. The Labute approximate surface area is 225 Å². The number of benzene rings is 2. The van der Waals surface area contributed by atoms with Crippen molar-refractivity contribution in [2.24, 2.45) is 5.73 Å². The Kier molecular flexibility index (Phi) is 8.95. The van der Waals surface area contributed by atoms with E-state index in [9.17, 15) is 29.4 Å². The summed E-state index contributed by atoms with van der Waals surface area (Å²) in [6.45, 7) is -0.241. The van der Waals surface area contributed by atoms with Crippen molar-refractivity contribution in [1.82, 2.24) is 20.5 Å². The number of carboxylic acid groups (broad SMARTS) is 1. The lowest BCUT2D eigenvalue weighted by Gasteiger charge is -2.28. The van der Waals surface area contributed by atoms with Gasteiger partial charge in [0.2, 0.25) is 17.7 Å². The molecular formula is C28H33N5O6. The van der Waals surface area contributed by atoms with Gasteiger partial charge in [-0.3, -0.25) is 14.4 Å². The topological polar surface area (TPSA) is 178 Å². The van der Waals surface area contributed by atoms with Gasteiger partial charge in [-0.05, 0) is 30.0 Å². The molecule has 7 N–H and O–H groups in total. The van der Waals surface area contributed by atoms with Crippen LogP contribution in [0.4, 0.5) is 0 Å². The van der Waals surface area contributed by atoms with Gasteiger partial charge in [-0.25, -0.2) is 4.79 Å². The molecule has 11 nitrogen and oxygen atoms in total. The quantitative estimate of drug-likeness (QED) is 0.205. The largest absolute Gasteiger partial charge is 0.480 e. The molecule has 0 aliphatic carbocycles. The average Bonchev–Trinajstić information content (AvgIpc) is 3.59. The molecule has 1 aliphatic rings. The number of hydrogen-bond acceptors (Lipinski definition) is 6. The maximum Gasteiger partial charge on any atom is 0.326 e. The fourth-order valence-electron chi connectivity index (χ4n) is 4.91. The number of carbonyl (C=O) groups excluding carboxylic acids is 3. The normalized spacial score (nSPS) is 17.4. The molecule has 1 fully saturated rings. The number of aliphatic hydroxyl groups is 1. The number of H-pyrrole nitrogens is 1. The van der Waals surface area contributed by atoms with Gasteiger partial charge in [0, 0.05) is 36.5 Å². The third-order valence-corrected chi connectivity index (χ3v) is 6.98. The molecule has 4 rings (SSSR count). The van der Waals surface area contributed by atoms with Crippen LogP contribution >= 0.6 is 0 Å². The monoisotopic (exact) mass is 535 g/mol. The van der Waals surface area contributed by atoms with Crippen molar-refractivity contribution in [2.45, 2.75) is 49.9 Å². The second-order valence-electron chi connectivity index (χ2n) is 9.69. The molecule has 206 valence electrons. The van der Waals surface area contributed by atoms with E-state index in [0.717, 1.165) is 22.0 Å². The first-order chi connectivity index (χ1) is 18.8. The van der Waals surface area contributed by atoms with Gasteiger partial charge in [-0.1, -0.05) is 48.5 Å². The van der Waals surface area contributed by atoms with Gasteiger partial charge in [-0.2, -0.15) is 0 Å². The number of rotatable bonds is 11. The Balaban J connectivity index is 1.56. The summed E-state index contributed by atoms with van der Waals surface area (Å²) in [5.74, 6) is -2.93. The smallest absolute Gasteiger partial charge is 0.326 e. The number of amides is 3. The van der Waals surface area contributed by atoms with Crippen LogP contribution in [0.1, 0.15) is 24.0 Å².